The summed E-state index contributed by atoms with van der Waals surface area (Å²) in [5.74, 6) is 1.66. The highest BCUT2D eigenvalue weighted by molar-refractivity contribution is 5.81. The van der Waals surface area contributed by atoms with E-state index < -0.39 is 0 Å². The van der Waals surface area contributed by atoms with Crippen LogP contribution in [0.3, 0.4) is 0 Å². The molecule has 18 heavy (non-hydrogen) atoms. The Kier molecular flexibility index (Phi) is 2.51. The molecule has 1 aliphatic rings. The normalized spacial score (nSPS) is 11.9. The smallest absolute Gasteiger partial charge is 0.163 e. The van der Waals surface area contributed by atoms with Gasteiger partial charge < -0.3 is 9.47 Å². The van der Waals surface area contributed by atoms with Crippen molar-refractivity contribution in [3.63, 3.8) is 0 Å². The molecule has 0 aliphatic heterocycles. The van der Waals surface area contributed by atoms with E-state index in [1.807, 2.05) is 0 Å². The molecule has 92 valence electrons. The third-order valence-electron chi connectivity index (χ3n) is 3.72. The van der Waals surface area contributed by atoms with Gasteiger partial charge in [-0.3, -0.25) is 0 Å². The quantitative estimate of drug-likeness (QED) is 0.681. The van der Waals surface area contributed by atoms with Crippen molar-refractivity contribution in [2.45, 2.75) is 13.3 Å². The zero-order valence-electron chi connectivity index (χ0n) is 10.9. The molecule has 2 aromatic carbocycles. The third kappa shape index (κ3) is 1.42. The van der Waals surface area contributed by atoms with Crippen LogP contribution in [0.2, 0.25) is 0 Å². The maximum atomic E-state index is 5.47. The zero-order valence-corrected chi connectivity index (χ0v) is 10.9. The first-order valence-electron chi connectivity index (χ1n) is 6.09. The Balaban J connectivity index is 2.28. The van der Waals surface area contributed by atoms with Crippen LogP contribution in [-0.4, -0.2) is 14.2 Å². The molecular formula is C16H16O2. The molecule has 2 nitrogen and oxygen atoms in total. The summed E-state index contributed by atoms with van der Waals surface area (Å²) in [5.41, 5.74) is 6.51. The number of benzene rings is 2. The van der Waals surface area contributed by atoms with Crippen molar-refractivity contribution in [2.75, 3.05) is 14.2 Å². The Morgan fingerprint density at radius 2 is 1.78 bits per heavy atom. The Morgan fingerprint density at radius 3 is 2.50 bits per heavy atom. The lowest BCUT2D eigenvalue weighted by atomic mass is 10.0. The van der Waals surface area contributed by atoms with Crippen molar-refractivity contribution >= 4 is 0 Å². The van der Waals surface area contributed by atoms with E-state index in [1.54, 1.807) is 14.2 Å². The van der Waals surface area contributed by atoms with Crippen molar-refractivity contribution in [1.29, 1.82) is 0 Å². The van der Waals surface area contributed by atoms with Crippen molar-refractivity contribution in [1.82, 2.24) is 0 Å². The summed E-state index contributed by atoms with van der Waals surface area (Å²) in [4.78, 5) is 0. The second-order valence-corrected chi connectivity index (χ2v) is 4.60. The molecule has 0 atom stereocenters. The molecule has 0 radical (unpaired) electrons. The molecule has 0 spiro atoms. The molecule has 2 heteroatoms. The molecule has 3 rings (SSSR count). The fourth-order valence-electron chi connectivity index (χ4n) is 2.81. The summed E-state index contributed by atoms with van der Waals surface area (Å²) in [6.45, 7) is 2.10. The summed E-state index contributed by atoms with van der Waals surface area (Å²) < 4.78 is 10.9. The summed E-state index contributed by atoms with van der Waals surface area (Å²) in [6.07, 6.45) is 0.984. The van der Waals surface area contributed by atoms with Gasteiger partial charge in [0, 0.05) is 0 Å². The number of ether oxygens (including phenoxy) is 2. The van der Waals surface area contributed by atoms with E-state index in [2.05, 4.69) is 37.3 Å². The number of methoxy groups -OCH3 is 2. The molecule has 0 fully saturated rings. The topological polar surface area (TPSA) is 18.5 Å². The van der Waals surface area contributed by atoms with Gasteiger partial charge in [-0.2, -0.15) is 0 Å². The first-order valence-corrected chi connectivity index (χ1v) is 6.09. The number of hydrogen-bond donors (Lipinski definition) is 0. The third-order valence-corrected chi connectivity index (χ3v) is 3.72. The van der Waals surface area contributed by atoms with E-state index in [4.69, 9.17) is 9.47 Å². The van der Waals surface area contributed by atoms with Gasteiger partial charge in [0.15, 0.2) is 11.5 Å². The fourth-order valence-corrected chi connectivity index (χ4v) is 2.81. The second kappa shape index (κ2) is 4.05. The minimum absolute atomic E-state index is 0.811. The van der Waals surface area contributed by atoms with Crippen molar-refractivity contribution in [3.05, 3.63) is 47.0 Å². The summed E-state index contributed by atoms with van der Waals surface area (Å²) in [5, 5.41) is 0. The minimum atomic E-state index is 0.811. The first-order chi connectivity index (χ1) is 8.76. The predicted octanol–water partition coefficient (Wildman–Crippen LogP) is 3.58. The van der Waals surface area contributed by atoms with E-state index in [0.717, 1.165) is 17.9 Å². The molecular weight excluding hydrogens is 224 g/mol. The number of hydrogen-bond acceptors (Lipinski definition) is 2. The summed E-state index contributed by atoms with van der Waals surface area (Å²) in [6, 6.07) is 10.6. The lowest BCUT2D eigenvalue weighted by Gasteiger charge is -2.14. The van der Waals surface area contributed by atoms with Gasteiger partial charge in [-0.25, -0.2) is 0 Å². The van der Waals surface area contributed by atoms with Gasteiger partial charge in [0.05, 0.1) is 14.2 Å². The van der Waals surface area contributed by atoms with Crippen LogP contribution in [-0.2, 0) is 6.42 Å². The van der Waals surface area contributed by atoms with Crippen LogP contribution in [0.25, 0.3) is 11.1 Å². The molecule has 0 unspecified atom stereocenters. The van der Waals surface area contributed by atoms with Gasteiger partial charge >= 0.3 is 0 Å². The van der Waals surface area contributed by atoms with Gasteiger partial charge in [-0.15, -0.1) is 0 Å². The maximum absolute atomic E-state index is 5.47. The van der Waals surface area contributed by atoms with Crippen LogP contribution >= 0.6 is 0 Å². The van der Waals surface area contributed by atoms with Gasteiger partial charge in [0.25, 0.3) is 0 Å². The lowest BCUT2D eigenvalue weighted by molar-refractivity contribution is 0.353. The van der Waals surface area contributed by atoms with Gasteiger partial charge in [-0.05, 0) is 47.2 Å². The second-order valence-electron chi connectivity index (χ2n) is 4.60. The molecule has 0 N–H and O–H groups in total. The number of fused-ring (bicyclic) bond motifs is 3. The molecule has 0 saturated heterocycles. The predicted molar refractivity (Wildman–Crippen MR) is 72.5 cm³/mol. The molecule has 0 heterocycles. The molecule has 0 aromatic heterocycles. The van der Waals surface area contributed by atoms with Crippen molar-refractivity contribution in [2.24, 2.45) is 0 Å². The van der Waals surface area contributed by atoms with Crippen LogP contribution < -0.4 is 9.47 Å². The monoisotopic (exact) mass is 240 g/mol. The average molecular weight is 240 g/mol. The summed E-state index contributed by atoms with van der Waals surface area (Å²) >= 11 is 0. The molecule has 0 bridgehead atoms. The van der Waals surface area contributed by atoms with Crippen LogP contribution in [0.4, 0.5) is 0 Å². The van der Waals surface area contributed by atoms with E-state index in [1.165, 1.54) is 27.8 Å². The Bertz CT molecular complexity index is 615. The molecule has 2 aromatic rings. The van der Waals surface area contributed by atoms with E-state index in [0.29, 0.717) is 0 Å². The molecule has 0 amide bonds. The van der Waals surface area contributed by atoms with Crippen LogP contribution in [0.1, 0.15) is 16.7 Å². The van der Waals surface area contributed by atoms with E-state index in [9.17, 15) is 0 Å². The maximum Gasteiger partial charge on any atom is 0.163 e. The van der Waals surface area contributed by atoms with Gasteiger partial charge in [0.2, 0.25) is 0 Å². The summed E-state index contributed by atoms with van der Waals surface area (Å²) in [7, 11) is 3.38. The Hall–Kier alpha value is -1.96. The standard InChI is InChI=1S/C16H16O2/c1-10-13-8-11-6-4-5-7-12(11)14(13)9-15(17-2)16(10)18-3/h4-7,9H,8H2,1-3H3. The molecule has 0 saturated carbocycles. The fraction of sp³-hybridized carbons (Fsp3) is 0.250. The van der Waals surface area contributed by atoms with Gasteiger partial charge in [-0.1, -0.05) is 24.3 Å². The van der Waals surface area contributed by atoms with Crippen LogP contribution in [0.5, 0.6) is 11.5 Å². The van der Waals surface area contributed by atoms with Crippen LogP contribution in [0.15, 0.2) is 30.3 Å². The Labute approximate surface area is 107 Å². The van der Waals surface area contributed by atoms with Crippen LogP contribution in [0, 0.1) is 6.92 Å². The zero-order chi connectivity index (χ0) is 12.7. The SMILES string of the molecule is COc1cc2c(c(C)c1OC)Cc1ccccc1-2. The first kappa shape index (κ1) is 11.1. The molecule has 1 aliphatic carbocycles. The van der Waals surface area contributed by atoms with E-state index >= 15 is 0 Å². The average Bonchev–Trinajstić information content (AvgIpc) is 2.77. The Morgan fingerprint density at radius 1 is 1.00 bits per heavy atom. The highest BCUT2D eigenvalue weighted by Crippen LogP contribution is 2.45. The lowest BCUT2D eigenvalue weighted by Crippen LogP contribution is -1.97. The number of rotatable bonds is 2. The highest BCUT2D eigenvalue weighted by Gasteiger charge is 2.24. The van der Waals surface area contributed by atoms with E-state index in [-0.39, 0.29) is 0 Å². The highest BCUT2D eigenvalue weighted by atomic mass is 16.5. The van der Waals surface area contributed by atoms with Crippen molar-refractivity contribution in [3.8, 4) is 22.6 Å². The minimum Gasteiger partial charge on any atom is -0.493 e. The van der Waals surface area contributed by atoms with Crippen molar-refractivity contribution < 1.29 is 9.47 Å². The van der Waals surface area contributed by atoms with Gasteiger partial charge in [0.1, 0.15) is 0 Å². The largest absolute Gasteiger partial charge is 0.493 e.